The molecule has 1 saturated carbocycles. The average Bonchev–Trinajstić information content (AvgIpc) is 3.25. The van der Waals surface area contributed by atoms with Crippen LogP contribution >= 0.6 is 0 Å². The zero-order valence-electron chi connectivity index (χ0n) is 16.2. The van der Waals surface area contributed by atoms with Crippen LogP contribution in [0.5, 0.6) is 5.75 Å². The molecule has 5 rings (SSSR count). The van der Waals surface area contributed by atoms with E-state index in [1.165, 1.54) is 12.0 Å². The van der Waals surface area contributed by atoms with E-state index in [0.717, 1.165) is 44.0 Å². The Balaban J connectivity index is 1.43. The van der Waals surface area contributed by atoms with E-state index < -0.39 is 0 Å². The number of aromatic nitrogens is 2. The van der Waals surface area contributed by atoms with Crippen molar-refractivity contribution >= 4 is 11.7 Å². The number of anilines is 1. The number of carbonyl (C=O) groups is 1. The van der Waals surface area contributed by atoms with Gasteiger partial charge in [0.1, 0.15) is 11.6 Å². The van der Waals surface area contributed by atoms with Gasteiger partial charge in [0.2, 0.25) is 5.91 Å². The second-order valence-electron chi connectivity index (χ2n) is 8.23. The number of hydrogen-bond donors (Lipinski definition) is 0. The molecule has 2 saturated heterocycles. The molecule has 28 heavy (non-hydrogen) atoms. The third-order valence-electron chi connectivity index (χ3n) is 6.73. The smallest absolute Gasteiger partial charge is 0.226 e. The number of rotatable bonds is 4. The van der Waals surface area contributed by atoms with E-state index in [0.29, 0.717) is 17.7 Å². The number of fused-ring (bicyclic) bond motifs is 1. The highest BCUT2D eigenvalue weighted by molar-refractivity contribution is 5.80. The molecule has 0 bridgehead atoms. The van der Waals surface area contributed by atoms with Gasteiger partial charge >= 0.3 is 0 Å². The second kappa shape index (κ2) is 7.08. The minimum Gasteiger partial charge on any atom is -0.497 e. The van der Waals surface area contributed by atoms with Gasteiger partial charge in [0, 0.05) is 49.8 Å². The first-order valence-corrected chi connectivity index (χ1v) is 10.2. The summed E-state index contributed by atoms with van der Waals surface area (Å²) in [6.07, 6.45) is 8.57. The average molecular weight is 378 g/mol. The fourth-order valence-corrected chi connectivity index (χ4v) is 5.03. The van der Waals surface area contributed by atoms with Crippen molar-refractivity contribution in [3.8, 4) is 5.75 Å². The molecule has 3 fully saturated rings. The monoisotopic (exact) mass is 378 g/mol. The third-order valence-corrected chi connectivity index (χ3v) is 6.73. The van der Waals surface area contributed by atoms with Crippen molar-refractivity contribution < 1.29 is 9.53 Å². The molecule has 3 heterocycles. The number of hydrogen-bond acceptors (Lipinski definition) is 5. The van der Waals surface area contributed by atoms with Gasteiger partial charge < -0.3 is 14.5 Å². The van der Waals surface area contributed by atoms with Gasteiger partial charge in [-0.3, -0.25) is 9.78 Å². The molecule has 3 atom stereocenters. The molecule has 1 amide bonds. The number of likely N-dealkylation sites (tertiary alicyclic amines) is 1. The van der Waals surface area contributed by atoms with Crippen LogP contribution in [0.1, 0.15) is 30.9 Å². The molecule has 2 aromatic rings. The Morgan fingerprint density at radius 1 is 1.11 bits per heavy atom. The van der Waals surface area contributed by atoms with Crippen LogP contribution < -0.4 is 9.64 Å². The Kier molecular flexibility index (Phi) is 4.41. The summed E-state index contributed by atoms with van der Waals surface area (Å²) in [6, 6.07) is 8.38. The molecule has 6 nitrogen and oxygen atoms in total. The van der Waals surface area contributed by atoms with Gasteiger partial charge in [0.25, 0.3) is 0 Å². The molecule has 1 aromatic carbocycles. The summed E-state index contributed by atoms with van der Waals surface area (Å²) in [5.74, 6) is 3.26. The highest BCUT2D eigenvalue weighted by Gasteiger charge is 2.50. The molecule has 0 unspecified atom stereocenters. The maximum absolute atomic E-state index is 13.2. The van der Waals surface area contributed by atoms with Crippen LogP contribution in [0.4, 0.5) is 5.82 Å². The normalized spacial score (nSPS) is 26.8. The quantitative estimate of drug-likeness (QED) is 0.819. The molecule has 2 aliphatic heterocycles. The molecule has 6 heteroatoms. The van der Waals surface area contributed by atoms with E-state index in [9.17, 15) is 4.79 Å². The van der Waals surface area contributed by atoms with Crippen molar-refractivity contribution in [3.05, 3.63) is 48.4 Å². The lowest BCUT2D eigenvalue weighted by atomic mass is 9.83. The predicted octanol–water partition coefficient (Wildman–Crippen LogP) is 2.92. The van der Waals surface area contributed by atoms with E-state index in [4.69, 9.17) is 4.74 Å². The summed E-state index contributed by atoms with van der Waals surface area (Å²) in [5.41, 5.74) is 1.21. The van der Waals surface area contributed by atoms with Gasteiger partial charge in [-0.2, -0.15) is 0 Å². The molecule has 0 spiro atoms. The highest BCUT2D eigenvalue weighted by Crippen LogP contribution is 2.47. The lowest BCUT2D eigenvalue weighted by Crippen LogP contribution is -2.41. The van der Waals surface area contributed by atoms with E-state index >= 15 is 0 Å². The number of amides is 1. The number of nitrogens with zero attached hydrogens (tertiary/aromatic N) is 4. The first kappa shape index (κ1) is 17.5. The third kappa shape index (κ3) is 2.91. The zero-order valence-corrected chi connectivity index (χ0v) is 16.2. The fourth-order valence-electron chi connectivity index (χ4n) is 5.03. The van der Waals surface area contributed by atoms with Crippen molar-refractivity contribution in [2.75, 3.05) is 31.6 Å². The van der Waals surface area contributed by atoms with Crippen molar-refractivity contribution in [2.24, 2.45) is 17.8 Å². The van der Waals surface area contributed by atoms with Gasteiger partial charge in [-0.25, -0.2) is 4.98 Å². The summed E-state index contributed by atoms with van der Waals surface area (Å²) in [7, 11) is 1.68. The van der Waals surface area contributed by atoms with E-state index in [-0.39, 0.29) is 12.0 Å². The van der Waals surface area contributed by atoms with Crippen molar-refractivity contribution in [2.45, 2.75) is 25.3 Å². The van der Waals surface area contributed by atoms with Gasteiger partial charge in [-0.15, -0.1) is 0 Å². The first-order valence-electron chi connectivity index (χ1n) is 10.2. The topological polar surface area (TPSA) is 58.6 Å². The number of carbonyl (C=O) groups excluding carboxylic acids is 1. The summed E-state index contributed by atoms with van der Waals surface area (Å²) in [4.78, 5) is 26.4. The van der Waals surface area contributed by atoms with Crippen LogP contribution in [0, 0.1) is 17.8 Å². The molecule has 0 N–H and O–H groups in total. The summed E-state index contributed by atoms with van der Waals surface area (Å²) < 4.78 is 5.33. The molecular formula is C22H26N4O2. The lowest BCUT2D eigenvalue weighted by molar-refractivity contribution is -0.139. The molecule has 3 aliphatic rings. The number of methoxy groups -OCH3 is 1. The Bertz CT molecular complexity index is 837. The molecule has 0 radical (unpaired) electrons. The fraction of sp³-hybridized carbons (Fsp3) is 0.500. The van der Waals surface area contributed by atoms with Gasteiger partial charge in [0.15, 0.2) is 0 Å². The maximum Gasteiger partial charge on any atom is 0.226 e. The van der Waals surface area contributed by atoms with Crippen LogP contribution in [0.2, 0.25) is 0 Å². The van der Waals surface area contributed by atoms with Crippen molar-refractivity contribution in [1.29, 1.82) is 0 Å². The Hall–Kier alpha value is -2.63. The molecule has 1 aliphatic carbocycles. The van der Waals surface area contributed by atoms with E-state index in [1.54, 1.807) is 19.5 Å². The minimum absolute atomic E-state index is 0.130. The largest absolute Gasteiger partial charge is 0.497 e. The minimum atomic E-state index is 0.130. The van der Waals surface area contributed by atoms with Gasteiger partial charge in [-0.1, -0.05) is 18.6 Å². The van der Waals surface area contributed by atoms with Gasteiger partial charge in [0.05, 0.1) is 19.3 Å². The van der Waals surface area contributed by atoms with Crippen molar-refractivity contribution in [1.82, 2.24) is 14.9 Å². The predicted molar refractivity (Wildman–Crippen MR) is 106 cm³/mol. The number of ether oxygens (including phenoxy) is 1. The highest BCUT2D eigenvalue weighted by atomic mass is 16.5. The first-order chi connectivity index (χ1) is 13.7. The molecule has 1 aromatic heterocycles. The van der Waals surface area contributed by atoms with Crippen LogP contribution in [-0.4, -0.2) is 47.5 Å². The van der Waals surface area contributed by atoms with E-state index in [2.05, 4.69) is 31.9 Å². The summed E-state index contributed by atoms with van der Waals surface area (Å²) in [6.45, 7) is 2.69. The second-order valence-corrected chi connectivity index (χ2v) is 8.23. The summed E-state index contributed by atoms with van der Waals surface area (Å²) >= 11 is 0. The Morgan fingerprint density at radius 3 is 2.57 bits per heavy atom. The van der Waals surface area contributed by atoms with Crippen LogP contribution in [-0.2, 0) is 4.79 Å². The standard InChI is InChI=1S/C22H26N4O2/c1-28-18-7-5-15(6-8-18)21-19-14-25(20-11-23-9-10-24-20)12-17(19)13-26(21)22(27)16-3-2-4-16/h5-11,16-17,19,21H,2-4,12-14H2,1H3/t17-,19-,21-/m0/s1. The van der Waals surface area contributed by atoms with Crippen LogP contribution in [0.3, 0.4) is 0 Å². The maximum atomic E-state index is 13.2. The zero-order chi connectivity index (χ0) is 19.1. The van der Waals surface area contributed by atoms with Gasteiger partial charge in [-0.05, 0) is 30.5 Å². The molecule has 146 valence electrons. The lowest BCUT2D eigenvalue weighted by Gasteiger charge is -2.35. The molecular weight excluding hydrogens is 352 g/mol. The van der Waals surface area contributed by atoms with Crippen LogP contribution in [0.15, 0.2) is 42.9 Å². The Morgan fingerprint density at radius 2 is 1.93 bits per heavy atom. The summed E-state index contributed by atoms with van der Waals surface area (Å²) in [5, 5.41) is 0. The van der Waals surface area contributed by atoms with Crippen molar-refractivity contribution in [3.63, 3.8) is 0 Å². The Labute approximate surface area is 165 Å². The van der Waals surface area contributed by atoms with Crippen LogP contribution in [0.25, 0.3) is 0 Å². The van der Waals surface area contributed by atoms with E-state index in [1.807, 2.05) is 18.3 Å². The SMILES string of the molecule is COc1ccc([C@H]2[C@H]3CN(c4cnccn4)C[C@H]3CN2C(=O)C2CCC2)cc1. The number of benzene rings is 1.